The van der Waals surface area contributed by atoms with Gasteiger partial charge in [-0.1, -0.05) is 76.3 Å². The molecule has 188 valence electrons. The summed E-state index contributed by atoms with van der Waals surface area (Å²) >= 11 is 10.3. The highest BCUT2D eigenvalue weighted by Crippen LogP contribution is 2.46. The van der Waals surface area contributed by atoms with Crippen LogP contribution in [0.1, 0.15) is 16.7 Å². The number of hydrogen-bond donors (Lipinski definition) is 0. The largest absolute Gasteiger partial charge is 0.493 e. The van der Waals surface area contributed by atoms with Crippen molar-refractivity contribution in [1.82, 2.24) is 4.90 Å². The van der Waals surface area contributed by atoms with Crippen LogP contribution in [-0.2, 0) is 22.6 Å². The molecule has 0 saturated carbocycles. The van der Waals surface area contributed by atoms with Crippen LogP contribution in [0.4, 0.5) is 5.69 Å². The van der Waals surface area contributed by atoms with E-state index in [0.29, 0.717) is 45.8 Å². The maximum absolute atomic E-state index is 13.7. The number of anilines is 1. The van der Waals surface area contributed by atoms with Crippen molar-refractivity contribution in [3.05, 3.63) is 92.8 Å². The standard InChI is InChI=1S/C28H23BrN2O4S2/c1-34-22-11-8-17(14-23(22)35-2)12-13-30-27(33)25(37-28(30)36)24-20-15-19(29)9-10-21(20)31(26(24)32)16-18-6-4-3-5-7-18/h3-11,14-15H,12-13,16H2,1-2H3. The number of fused-ring (bicyclic) bond motifs is 1. The Balaban J connectivity index is 1.44. The molecule has 6 nitrogen and oxygen atoms in total. The fourth-order valence-corrected chi connectivity index (χ4v) is 6.21. The van der Waals surface area contributed by atoms with Gasteiger partial charge in [-0.25, -0.2) is 0 Å². The van der Waals surface area contributed by atoms with Crippen molar-refractivity contribution < 1.29 is 19.1 Å². The summed E-state index contributed by atoms with van der Waals surface area (Å²) in [6.07, 6.45) is 0.575. The number of carbonyl (C=O) groups excluding carboxylic acids is 2. The van der Waals surface area contributed by atoms with E-state index < -0.39 is 0 Å². The first-order valence-corrected chi connectivity index (χ1v) is 13.6. The minimum Gasteiger partial charge on any atom is -0.493 e. The normalized spacial score (nSPS) is 17.0. The molecule has 37 heavy (non-hydrogen) atoms. The van der Waals surface area contributed by atoms with Crippen LogP contribution in [0, 0.1) is 0 Å². The molecule has 3 aromatic carbocycles. The van der Waals surface area contributed by atoms with Gasteiger partial charge in [0.2, 0.25) is 0 Å². The molecular weight excluding hydrogens is 572 g/mol. The first-order chi connectivity index (χ1) is 17.9. The summed E-state index contributed by atoms with van der Waals surface area (Å²) in [6, 6.07) is 21.2. The molecule has 0 bridgehead atoms. The Labute approximate surface area is 233 Å². The maximum Gasteiger partial charge on any atom is 0.267 e. The van der Waals surface area contributed by atoms with E-state index in [9.17, 15) is 9.59 Å². The number of thiocarbonyl (C=S) groups is 1. The number of halogens is 1. The second-order valence-corrected chi connectivity index (χ2v) is 11.1. The van der Waals surface area contributed by atoms with Crippen LogP contribution < -0.4 is 14.4 Å². The first-order valence-electron chi connectivity index (χ1n) is 11.6. The Morgan fingerprint density at radius 3 is 2.35 bits per heavy atom. The van der Waals surface area contributed by atoms with Gasteiger partial charge in [0.15, 0.2) is 11.5 Å². The fourth-order valence-electron chi connectivity index (χ4n) is 4.47. The lowest BCUT2D eigenvalue weighted by molar-refractivity contribution is -0.122. The van der Waals surface area contributed by atoms with Crippen molar-refractivity contribution in [2.24, 2.45) is 0 Å². The third-order valence-corrected chi connectivity index (χ3v) is 8.25. The van der Waals surface area contributed by atoms with Gasteiger partial charge in [-0.05, 0) is 47.9 Å². The number of carbonyl (C=O) groups is 2. The summed E-state index contributed by atoms with van der Waals surface area (Å²) in [7, 11) is 3.18. The van der Waals surface area contributed by atoms with Crippen LogP contribution in [0.3, 0.4) is 0 Å². The Hall–Kier alpha value is -3.14. The SMILES string of the molecule is COc1ccc(CCN2C(=O)C(=C3C(=O)N(Cc4ccccc4)c4ccc(Br)cc43)SC2=S)cc1OC. The average molecular weight is 596 g/mol. The van der Waals surface area contributed by atoms with Crippen LogP contribution in [0.15, 0.2) is 76.1 Å². The molecule has 1 fully saturated rings. The number of thioether (sulfide) groups is 1. The molecule has 5 rings (SSSR count). The molecule has 0 atom stereocenters. The number of benzene rings is 3. The summed E-state index contributed by atoms with van der Waals surface area (Å²) < 4.78 is 12.0. The van der Waals surface area contributed by atoms with Gasteiger partial charge in [0.1, 0.15) is 4.32 Å². The van der Waals surface area contributed by atoms with Gasteiger partial charge in [0.05, 0.1) is 36.9 Å². The molecule has 0 spiro atoms. The van der Waals surface area contributed by atoms with Crippen LogP contribution >= 0.6 is 39.9 Å². The smallest absolute Gasteiger partial charge is 0.267 e. The van der Waals surface area contributed by atoms with Gasteiger partial charge >= 0.3 is 0 Å². The topological polar surface area (TPSA) is 59.1 Å². The van der Waals surface area contributed by atoms with E-state index in [4.69, 9.17) is 21.7 Å². The molecule has 3 aromatic rings. The highest BCUT2D eigenvalue weighted by molar-refractivity contribution is 9.10. The second-order valence-electron chi connectivity index (χ2n) is 8.51. The lowest BCUT2D eigenvalue weighted by Crippen LogP contribution is -2.31. The zero-order chi connectivity index (χ0) is 26.1. The summed E-state index contributed by atoms with van der Waals surface area (Å²) in [4.78, 5) is 31.0. The lowest BCUT2D eigenvalue weighted by atomic mass is 10.1. The number of methoxy groups -OCH3 is 2. The fraction of sp³-hybridized carbons (Fsp3) is 0.179. The molecule has 9 heteroatoms. The number of nitrogens with zero attached hydrogens (tertiary/aromatic N) is 2. The molecule has 0 N–H and O–H groups in total. The summed E-state index contributed by atoms with van der Waals surface area (Å²) in [5.41, 5.74) is 3.91. The van der Waals surface area contributed by atoms with Crippen molar-refractivity contribution in [3.63, 3.8) is 0 Å². The molecule has 2 amide bonds. The molecule has 1 saturated heterocycles. The molecule has 2 aliphatic rings. The molecule has 0 aromatic heterocycles. The van der Waals surface area contributed by atoms with Gasteiger partial charge in [-0.3, -0.25) is 14.5 Å². The molecule has 2 aliphatic heterocycles. The highest BCUT2D eigenvalue weighted by Gasteiger charge is 2.42. The van der Waals surface area contributed by atoms with Crippen molar-refractivity contribution in [2.75, 3.05) is 25.7 Å². The Morgan fingerprint density at radius 1 is 0.865 bits per heavy atom. The van der Waals surface area contributed by atoms with E-state index in [1.165, 1.54) is 11.8 Å². The number of rotatable bonds is 7. The third-order valence-electron chi connectivity index (χ3n) is 6.31. The van der Waals surface area contributed by atoms with E-state index in [-0.39, 0.29) is 11.8 Å². The molecule has 0 radical (unpaired) electrons. The summed E-state index contributed by atoms with van der Waals surface area (Å²) in [6.45, 7) is 0.807. The van der Waals surface area contributed by atoms with Crippen molar-refractivity contribution in [1.29, 1.82) is 0 Å². The second kappa shape index (κ2) is 10.7. The predicted octanol–water partition coefficient (Wildman–Crippen LogP) is 5.83. The number of hydrogen-bond acceptors (Lipinski definition) is 6. The van der Waals surface area contributed by atoms with Gasteiger partial charge in [0, 0.05) is 16.6 Å². The van der Waals surface area contributed by atoms with E-state index in [1.807, 2.05) is 66.7 Å². The summed E-state index contributed by atoms with van der Waals surface area (Å²) in [5.74, 6) is 0.833. The minimum atomic E-state index is -0.244. The minimum absolute atomic E-state index is 0.197. The Bertz CT molecular complexity index is 1440. The molecule has 0 aliphatic carbocycles. The van der Waals surface area contributed by atoms with E-state index in [2.05, 4.69) is 15.9 Å². The molecule has 2 heterocycles. The zero-order valence-corrected chi connectivity index (χ0v) is 23.4. The van der Waals surface area contributed by atoms with E-state index in [0.717, 1.165) is 26.9 Å². The highest BCUT2D eigenvalue weighted by atomic mass is 79.9. The van der Waals surface area contributed by atoms with E-state index >= 15 is 0 Å². The Kier molecular flexibility index (Phi) is 7.37. The average Bonchev–Trinajstić information content (AvgIpc) is 3.33. The van der Waals surface area contributed by atoms with Gasteiger partial charge in [0.25, 0.3) is 11.8 Å². The van der Waals surface area contributed by atoms with Crippen LogP contribution in [0.25, 0.3) is 5.57 Å². The lowest BCUT2D eigenvalue weighted by Gasteiger charge is -2.17. The Morgan fingerprint density at radius 2 is 1.62 bits per heavy atom. The summed E-state index contributed by atoms with van der Waals surface area (Å²) in [5, 5.41) is 0. The van der Waals surface area contributed by atoms with E-state index in [1.54, 1.807) is 24.0 Å². The third kappa shape index (κ3) is 4.91. The van der Waals surface area contributed by atoms with Gasteiger partial charge < -0.3 is 14.4 Å². The first kappa shape index (κ1) is 25.5. The monoisotopic (exact) mass is 594 g/mol. The van der Waals surface area contributed by atoms with Gasteiger partial charge in [-0.15, -0.1) is 0 Å². The quantitative estimate of drug-likeness (QED) is 0.253. The molecule has 0 unspecified atom stereocenters. The van der Waals surface area contributed by atoms with Crippen molar-refractivity contribution in [3.8, 4) is 11.5 Å². The number of ether oxygens (including phenoxy) is 2. The van der Waals surface area contributed by atoms with Gasteiger partial charge in [-0.2, -0.15) is 0 Å². The van der Waals surface area contributed by atoms with Crippen LogP contribution in [0.5, 0.6) is 11.5 Å². The predicted molar refractivity (Wildman–Crippen MR) is 154 cm³/mol. The van der Waals surface area contributed by atoms with Crippen molar-refractivity contribution in [2.45, 2.75) is 13.0 Å². The number of amides is 2. The van der Waals surface area contributed by atoms with Crippen LogP contribution in [0.2, 0.25) is 0 Å². The zero-order valence-electron chi connectivity index (χ0n) is 20.2. The van der Waals surface area contributed by atoms with Crippen molar-refractivity contribution >= 4 is 67.3 Å². The van der Waals surface area contributed by atoms with Crippen LogP contribution in [-0.4, -0.2) is 41.8 Å². The molecular formula is C28H23BrN2O4S2. The maximum atomic E-state index is 13.7.